The molecule has 0 bridgehead atoms. The summed E-state index contributed by atoms with van der Waals surface area (Å²) in [6.07, 6.45) is 5.54. The van der Waals surface area contributed by atoms with Crippen LogP contribution in [0.5, 0.6) is 0 Å². The van der Waals surface area contributed by atoms with Gasteiger partial charge in [0, 0.05) is 35.7 Å². The van der Waals surface area contributed by atoms with E-state index in [-0.39, 0.29) is 0 Å². The Kier molecular flexibility index (Phi) is 2.66. The standard InChI is InChI=1S/C17H22N2/c1-12-9-15-14-7-2-3-8-16(14)18-17(15)11-19(12)10-13-5-4-6-13/h2-3,7-8,12-13,18H,4-6,9-11H2,1H3. The van der Waals surface area contributed by atoms with Gasteiger partial charge in [0.2, 0.25) is 0 Å². The van der Waals surface area contributed by atoms with E-state index in [1.54, 1.807) is 5.56 Å². The molecule has 2 aliphatic rings. The van der Waals surface area contributed by atoms with Gasteiger partial charge in [-0.1, -0.05) is 24.6 Å². The SMILES string of the molecule is CC1Cc2c([nH]c3ccccc23)CN1CC1CCC1. The Morgan fingerprint density at radius 3 is 2.89 bits per heavy atom. The Hall–Kier alpha value is -1.28. The first-order chi connectivity index (χ1) is 9.31. The van der Waals surface area contributed by atoms with Gasteiger partial charge in [-0.3, -0.25) is 4.90 Å². The summed E-state index contributed by atoms with van der Waals surface area (Å²) in [7, 11) is 0. The molecule has 100 valence electrons. The number of nitrogens with zero attached hydrogens (tertiary/aromatic N) is 1. The van der Waals surface area contributed by atoms with Gasteiger partial charge in [0.05, 0.1) is 0 Å². The van der Waals surface area contributed by atoms with E-state index in [1.807, 2.05) is 0 Å². The minimum absolute atomic E-state index is 0.687. The summed E-state index contributed by atoms with van der Waals surface area (Å²) in [5.41, 5.74) is 4.33. The molecule has 2 heterocycles. The van der Waals surface area contributed by atoms with Crippen LogP contribution in [0.2, 0.25) is 0 Å². The highest BCUT2D eigenvalue weighted by Gasteiger charge is 2.29. The molecule has 1 aromatic heterocycles. The topological polar surface area (TPSA) is 19.0 Å². The van der Waals surface area contributed by atoms with Crippen molar-refractivity contribution in [3.63, 3.8) is 0 Å². The maximum Gasteiger partial charge on any atom is 0.0459 e. The summed E-state index contributed by atoms with van der Waals surface area (Å²) < 4.78 is 0. The lowest BCUT2D eigenvalue weighted by atomic mass is 9.84. The van der Waals surface area contributed by atoms with Crippen LogP contribution in [0.4, 0.5) is 0 Å². The highest BCUT2D eigenvalue weighted by molar-refractivity contribution is 5.84. The molecule has 1 aliphatic carbocycles. The second-order valence-electron chi connectivity index (χ2n) is 6.41. The van der Waals surface area contributed by atoms with E-state index in [0.717, 1.165) is 12.5 Å². The highest BCUT2D eigenvalue weighted by atomic mass is 15.2. The van der Waals surface area contributed by atoms with Crippen molar-refractivity contribution >= 4 is 10.9 Å². The Labute approximate surface area is 114 Å². The zero-order chi connectivity index (χ0) is 12.8. The number of fused-ring (bicyclic) bond motifs is 3. The number of H-pyrrole nitrogens is 1. The van der Waals surface area contributed by atoms with E-state index < -0.39 is 0 Å². The first-order valence-electron chi connectivity index (χ1n) is 7.64. The molecular formula is C17H22N2. The number of nitrogens with one attached hydrogen (secondary N) is 1. The summed E-state index contributed by atoms with van der Waals surface area (Å²) in [6, 6.07) is 9.43. The Morgan fingerprint density at radius 2 is 2.11 bits per heavy atom. The van der Waals surface area contributed by atoms with E-state index in [1.165, 1.54) is 48.8 Å². The van der Waals surface area contributed by atoms with Crippen LogP contribution in [0.15, 0.2) is 24.3 Å². The fourth-order valence-electron chi connectivity index (χ4n) is 3.66. The summed E-state index contributed by atoms with van der Waals surface area (Å²) in [5, 5.41) is 1.44. The molecule has 0 spiro atoms. The molecule has 0 amide bonds. The van der Waals surface area contributed by atoms with Crippen LogP contribution in [0.25, 0.3) is 10.9 Å². The smallest absolute Gasteiger partial charge is 0.0459 e. The van der Waals surface area contributed by atoms with E-state index in [9.17, 15) is 0 Å². The van der Waals surface area contributed by atoms with Gasteiger partial charge in [0.25, 0.3) is 0 Å². The van der Waals surface area contributed by atoms with Crippen molar-refractivity contribution in [3.05, 3.63) is 35.5 Å². The van der Waals surface area contributed by atoms with Gasteiger partial charge >= 0.3 is 0 Å². The molecule has 0 radical (unpaired) electrons. The van der Waals surface area contributed by atoms with Gasteiger partial charge in [-0.15, -0.1) is 0 Å². The summed E-state index contributed by atoms with van der Waals surface area (Å²) in [5.74, 6) is 0.966. The second-order valence-corrected chi connectivity index (χ2v) is 6.41. The average molecular weight is 254 g/mol. The zero-order valence-electron chi connectivity index (χ0n) is 11.7. The maximum absolute atomic E-state index is 3.63. The van der Waals surface area contributed by atoms with Gasteiger partial charge < -0.3 is 4.98 Å². The minimum atomic E-state index is 0.687. The Morgan fingerprint density at radius 1 is 1.26 bits per heavy atom. The molecule has 1 aliphatic heterocycles. The van der Waals surface area contributed by atoms with Gasteiger partial charge in [0.1, 0.15) is 0 Å². The third-order valence-electron chi connectivity index (χ3n) is 5.10. The van der Waals surface area contributed by atoms with Crippen LogP contribution >= 0.6 is 0 Å². The molecule has 2 nitrogen and oxygen atoms in total. The fraction of sp³-hybridized carbons (Fsp3) is 0.529. The molecule has 2 aromatic rings. The number of aromatic amines is 1. The normalized spacial score (nSPS) is 24.4. The van der Waals surface area contributed by atoms with Crippen LogP contribution in [0.1, 0.15) is 37.4 Å². The van der Waals surface area contributed by atoms with Gasteiger partial charge in [-0.25, -0.2) is 0 Å². The second kappa shape index (κ2) is 4.38. The quantitative estimate of drug-likeness (QED) is 0.865. The van der Waals surface area contributed by atoms with E-state index in [0.29, 0.717) is 6.04 Å². The number of aromatic nitrogens is 1. The number of hydrogen-bond acceptors (Lipinski definition) is 1. The van der Waals surface area contributed by atoms with Crippen LogP contribution < -0.4 is 0 Å². The zero-order valence-corrected chi connectivity index (χ0v) is 11.7. The maximum atomic E-state index is 3.63. The van der Waals surface area contributed by atoms with Gasteiger partial charge in [0.15, 0.2) is 0 Å². The lowest BCUT2D eigenvalue weighted by molar-refractivity contribution is 0.122. The lowest BCUT2D eigenvalue weighted by Crippen LogP contribution is -2.42. The van der Waals surface area contributed by atoms with Crippen LogP contribution in [-0.4, -0.2) is 22.5 Å². The number of rotatable bonds is 2. The minimum Gasteiger partial charge on any atom is -0.357 e. The van der Waals surface area contributed by atoms with Crippen molar-refractivity contribution in [2.24, 2.45) is 5.92 Å². The Balaban J connectivity index is 1.64. The Bertz CT molecular complexity index is 594. The molecule has 4 rings (SSSR count). The lowest BCUT2D eigenvalue weighted by Gasteiger charge is -2.38. The molecule has 1 N–H and O–H groups in total. The molecule has 1 aromatic carbocycles. The number of para-hydroxylation sites is 1. The largest absolute Gasteiger partial charge is 0.357 e. The first-order valence-corrected chi connectivity index (χ1v) is 7.64. The van der Waals surface area contributed by atoms with Crippen molar-refractivity contribution < 1.29 is 0 Å². The molecule has 2 heteroatoms. The monoisotopic (exact) mass is 254 g/mol. The van der Waals surface area contributed by atoms with Gasteiger partial charge in [-0.05, 0) is 43.7 Å². The van der Waals surface area contributed by atoms with Crippen molar-refractivity contribution in [3.8, 4) is 0 Å². The molecule has 1 atom stereocenters. The summed E-state index contributed by atoms with van der Waals surface area (Å²) in [4.78, 5) is 6.32. The molecule has 1 unspecified atom stereocenters. The van der Waals surface area contributed by atoms with E-state index in [2.05, 4.69) is 41.1 Å². The number of benzene rings is 1. The van der Waals surface area contributed by atoms with Crippen LogP contribution in [0, 0.1) is 5.92 Å². The molecular weight excluding hydrogens is 232 g/mol. The van der Waals surface area contributed by atoms with Gasteiger partial charge in [-0.2, -0.15) is 0 Å². The van der Waals surface area contributed by atoms with Crippen LogP contribution in [0.3, 0.4) is 0 Å². The summed E-state index contributed by atoms with van der Waals surface area (Å²) in [6.45, 7) is 4.81. The van der Waals surface area contributed by atoms with Crippen molar-refractivity contribution in [1.29, 1.82) is 0 Å². The molecule has 1 fully saturated rings. The van der Waals surface area contributed by atoms with E-state index >= 15 is 0 Å². The summed E-state index contributed by atoms with van der Waals surface area (Å²) >= 11 is 0. The highest BCUT2D eigenvalue weighted by Crippen LogP contribution is 2.33. The first kappa shape index (κ1) is 11.5. The van der Waals surface area contributed by atoms with Crippen molar-refractivity contribution in [2.75, 3.05) is 6.54 Å². The van der Waals surface area contributed by atoms with Crippen molar-refractivity contribution in [2.45, 2.75) is 45.2 Å². The fourth-order valence-corrected chi connectivity index (χ4v) is 3.66. The van der Waals surface area contributed by atoms with Crippen molar-refractivity contribution in [1.82, 2.24) is 9.88 Å². The molecule has 0 saturated heterocycles. The predicted octanol–water partition coefficient (Wildman–Crippen LogP) is 3.71. The number of hydrogen-bond donors (Lipinski definition) is 1. The third-order valence-corrected chi connectivity index (χ3v) is 5.10. The van der Waals surface area contributed by atoms with E-state index in [4.69, 9.17) is 0 Å². The predicted molar refractivity (Wildman–Crippen MR) is 79.2 cm³/mol. The third kappa shape index (κ3) is 1.90. The van der Waals surface area contributed by atoms with Crippen LogP contribution in [-0.2, 0) is 13.0 Å². The average Bonchev–Trinajstić information content (AvgIpc) is 2.71. The molecule has 1 saturated carbocycles. The molecule has 19 heavy (non-hydrogen) atoms.